The fraction of sp³-hybridized carbons (Fsp3) is 0.961. The number of amides is 1. The molecule has 0 bridgehead atoms. The number of rotatable bonds is 47. The van der Waals surface area contributed by atoms with Crippen LogP contribution in [0.25, 0.3) is 0 Å². The van der Waals surface area contributed by atoms with Crippen LogP contribution in [-0.4, -0.2) is 46.9 Å². The van der Waals surface area contributed by atoms with Gasteiger partial charge in [0.05, 0.1) is 25.2 Å². The third-order valence-electron chi connectivity index (χ3n) is 12.2. The molecule has 57 heavy (non-hydrogen) atoms. The van der Waals surface area contributed by atoms with E-state index in [4.69, 9.17) is 4.74 Å². The summed E-state index contributed by atoms with van der Waals surface area (Å²) in [5, 5.41) is 23.6. The van der Waals surface area contributed by atoms with Crippen LogP contribution in [0.15, 0.2) is 0 Å². The minimum absolute atomic E-state index is 0.0867. The van der Waals surface area contributed by atoms with E-state index in [0.717, 1.165) is 38.5 Å². The average molecular weight is 808 g/mol. The predicted molar refractivity (Wildman–Crippen MR) is 246 cm³/mol. The normalized spacial score (nSPS) is 13.1. The highest BCUT2D eigenvalue weighted by Crippen LogP contribution is 2.19. The smallest absolute Gasteiger partial charge is 0.306 e. The van der Waals surface area contributed by atoms with Crippen LogP contribution in [0.2, 0.25) is 0 Å². The van der Waals surface area contributed by atoms with Crippen LogP contribution in [0, 0.1) is 0 Å². The van der Waals surface area contributed by atoms with Crippen LogP contribution < -0.4 is 5.32 Å². The van der Waals surface area contributed by atoms with Crippen molar-refractivity contribution in [2.45, 2.75) is 309 Å². The number of nitrogens with one attached hydrogen (secondary N) is 1. The van der Waals surface area contributed by atoms with Gasteiger partial charge in [-0.05, 0) is 25.7 Å². The number of carbonyl (C=O) groups excluding carboxylic acids is 2. The van der Waals surface area contributed by atoms with Crippen LogP contribution in [0.1, 0.15) is 290 Å². The molecule has 0 saturated carbocycles. The lowest BCUT2D eigenvalue weighted by atomic mass is 10.0. The largest absolute Gasteiger partial charge is 0.462 e. The predicted octanol–water partition coefficient (Wildman–Crippen LogP) is 15.2. The minimum atomic E-state index is -0.777. The monoisotopic (exact) mass is 808 g/mol. The van der Waals surface area contributed by atoms with Crippen molar-refractivity contribution in [2.75, 3.05) is 6.61 Å². The third-order valence-corrected chi connectivity index (χ3v) is 12.2. The van der Waals surface area contributed by atoms with Gasteiger partial charge in [-0.1, -0.05) is 252 Å². The van der Waals surface area contributed by atoms with Crippen molar-refractivity contribution in [2.24, 2.45) is 0 Å². The maximum Gasteiger partial charge on any atom is 0.306 e. The topological polar surface area (TPSA) is 95.9 Å². The number of ether oxygens (including phenoxy) is 1. The summed E-state index contributed by atoms with van der Waals surface area (Å²) in [7, 11) is 0. The summed E-state index contributed by atoms with van der Waals surface area (Å²) < 4.78 is 5.92. The van der Waals surface area contributed by atoms with Gasteiger partial charge in [0.25, 0.3) is 0 Å². The Bertz CT molecular complexity index is 821. The fourth-order valence-electron chi connectivity index (χ4n) is 8.26. The molecule has 0 rings (SSSR count). The summed E-state index contributed by atoms with van der Waals surface area (Å²) in [6.45, 7) is 6.48. The molecular weight excluding hydrogens is 707 g/mol. The van der Waals surface area contributed by atoms with Crippen molar-refractivity contribution in [3.05, 3.63) is 0 Å². The highest BCUT2D eigenvalue weighted by Gasteiger charge is 2.24. The van der Waals surface area contributed by atoms with Crippen molar-refractivity contribution in [1.82, 2.24) is 5.32 Å². The van der Waals surface area contributed by atoms with Crippen molar-refractivity contribution in [3.63, 3.8) is 0 Å². The maximum absolute atomic E-state index is 13.1. The number of hydrogen-bond donors (Lipinski definition) is 3. The van der Waals surface area contributed by atoms with Gasteiger partial charge in [-0.3, -0.25) is 9.59 Å². The van der Waals surface area contributed by atoms with E-state index in [2.05, 4.69) is 26.1 Å². The van der Waals surface area contributed by atoms with Crippen LogP contribution in [0.3, 0.4) is 0 Å². The summed E-state index contributed by atoms with van der Waals surface area (Å²) in [5.74, 6) is -0.455. The fourth-order valence-corrected chi connectivity index (χ4v) is 8.26. The van der Waals surface area contributed by atoms with Crippen molar-refractivity contribution in [3.8, 4) is 0 Å². The molecule has 0 saturated heterocycles. The molecule has 0 aliphatic rings. The maximum atomic E-state index is 13.1. The average Bonchev–Trinajstić information content (AvgIpc) is 3.20. The van der Waals surface area contributed by atoms with Crippen LogP contribution in [0.4, 0.5) is 0 Å². The molecule has 0 aliphatic carbocycles. The first-order chi connectivity index (χ1) is 28.0. The molecule has 6 heteroatoms. The van der Waals surface area contributed by atoms with Gasteiger partial charge in [-0.15, -0.1) is 0 Å². The highest BCUT2D eigenvalue weighted by atomic mass is 16.5. The second-order valence-corrected chi connectivity index (χ2v) is 17.9. The molecule has 3 N–H and O–H groups in total. The molecule has 0 fully saturated rings. The minimum Gasteiger partial charge on any atom is -0.462 e. The van der Waals surface area contributed by atoms with E-state index in [0.29, 0.717) is 19.3 Å². The zero-order valence-electron chi connectivity index (χ0n) is 38.8. The first-order valence-electron chi connectivity index (χ1n) is 25.8. The van der Waals surface area contributed by atoms with Gasteiger partial charge in [0.2, 0.25) is 5.91 Å². The van der Waals surface area contributed by atoms with Gasteiger partial charge in [0.15, 0.2) is 0 Å². The Morgan fingerprint density at radius 1 is 0.439 bits per heavy atom. The summed E-state index contributed by atoms with van der Waals surface area (Å²) in [5.41, 5.74) is 0. The van der Waals surface area contributed by atoms with E-state index in [1.54, 1.807) is 0 Å². The quantitative estimate of drug-likeness (QED) is 0.0420. The molecule has 0 radical (unpaired) electrons. The molecule has 3 atom stereocenters. The van der Waals surface area contributed by atoms with E-state index >= 15 is 0 Å². The number of aliphatic hydroxyl groups excluding tert-OH is 2. The van der Waals surface area contributed by atoms with E-state index < -0.39 is 18.2 Å². The van der Waals surface area contributed by atoms with Crippen LogP contribution in [0.5, 0.6) is 0 Å². The van der Waals surface area contributed by atoms with E-state index in [-0.39, 0.29) is 24.9 Å². The standard InChI is InChI=1S/C51H101NO5/c1-4-7-10-13-16-19-21-22-23-24-25-26-27-28-29-32-35-38-41-44-51(56)57-47(42-39-36-33-30-18-15-12-9-6-3)45-50(55)52-48(46-53)49(54)43-40-37-34-31-20-17-14-11-8-5-2/h47-49,53-54H,4-46H2,1-3H3,(H,52,55). The van der Waals surface area contributed by atoms with Crippen LogP contribution >= 0.6 is 0 Å². The molecule has 0 heterocycles. The van der Waals surface area contributed by atoms with Gasteiger partial charge in [0, 0.05) is 6.42 Å². The number of carbonyl (C=O) groups is 2. The van der Waals surface area contributed by atoms with E-state index in [1.807, 2.05) is 0 Å². The lowest BCUT2D eigenvalue weighted by Gasteiger charge is -2.24. The Labute approximate surface area is 356 Å². The molecule has 6 nitrogen and oxygen atoms in total. The molecule has 0 aromatic rings. The molecular formula is C51H101NO5. The van der Waals surface area contributed by atoms with E-state index in [9.17, 15) is 19.8 Å². The Morgan fingerprint density at radius 2 is 0.737 bits per heavy atom. The van der Waals surface area contributed by atoms with Crippen molar-refractivity contribution in [1.29, 1.82) is 0 Å². The molecule has 0 spiro atoms. The van der Waals surface area contributed by atoms with Gasteiger partial charge in [0.1, 0.15) is 6.10 Å². The first kappa shape index (κ1) is 55.9. The zero-order valence-corrected chi connectivity index (χ0v) is 38.8. The summed E-state index contributed by atoms with van der Waals surface area (Å²) in [4.78, 5) is 26.0. The van der Waals surface area contributed by atoms with E-state index in [1.165, 1.54) is 205 Å². The molecule has 0 aromatic heterocycles. The SMILES string of the molecule is CCCCCCCCCCCCCCCCCCCCCC(=O)OC(CCCCCCCCCCC)CC(=O)NC(CO)C(O)CCCCCCCCCCCC. The van der Waals surface area contributed by atoms with Crippen molar-refractivity contribution < 1.29 is 24.5 Å². The molecule has 3 unspecified atom stereocenters. The lowest BCUT2D eigenvalue weighted by molar-refractivity contribution is -0.151. The summed E-state index contributed by atoms with van der Waals surface area (Å²) >= 11 is 0. The molecule has 0 aliphatic heterocycles. The van der Waals surface area contributed by atoms with Crippen molar-refractivity contribution >= 4 is 11.9 Å². The third kappa shape index (κ3) is 41.4. The van der Waals surface area contributed by atoms with Gasteiger partial charge >= 0.3 is 5.97 Å². The number of unbranched alkanes of at least 4 members (excludes halogenated alkanes) is 35. The Hall–Kier alpha value is -1.14. The van der Waals surface area contributed by atoms with Gasteiger partial charge in [-0.25, -0.2) is 0 Å². The molecule has 340 valence electrons. The lowest BCUT2D eigenvalue weighted by Crippen LogP contribution is -2.46. The zero-order chi connectivity index (χ0) is 41.7. The number of esters is 1. The molecule has 0 aromatic carbocycles. The Morgan fingerprint density at radius 3 is 1.07 bits per heavy atom. The van der Waals surface area contributed by atoms with Crippen LogP contribution in [-0.2, 0) is 14.3 Å². The number of aliphatic hydroxyl groups is 2. The second kappa shape index (κ2) is 45.9. The Kier molecular flexibility index (Phi) is 45.0. The molecule has 1 amide bonds. The first-order valence-corrected chi connectivity index (χ1v) is 25.8. The highest BCUT2D eigenvalue weighted by molar-refractivity contribution is 5.77. The Balaban J connectivity index is 4.35. The summed E-state index contributed by atoms with van der Waals surface area (Å²) in [6.07, 6.45) is 48.9. The van der Waals surface area contributed by atoms with Gasteiger partial charge in [-0.2, -0.15) is 0 Å². The van der Waals surface area contributed by atoms with Gasteiger partial charge < -0.3 is 20.3 Å². The number of hydrogen-bond acceptors (Lipinski definition) is 5. The second-order valence-electron chi connectivity index (χ2n) is 17.9. The summed E-state index contributed by atoms with van der Waals surface area (Å²) in [6, 6.07) is -0.690.